The summed E-state index contributed by atoms with van der Waals surface area (Å²) in [5.74, 6) is 0.696. The van der Waals surface area contributed by atoms with E-state index in [1.165, 1.54) is 0 Å². The van der Waals surface area contributed by atoms with Crippen LogP contribution in [0.3, 0.4) is 0 Å². The normalized spacial score (nSPS) is 30.1. The van der Waals surface area contributed by atoms with E-state index in [0.717, 1.165) is 11.3 Å². The van der Waals surface area contributed by atoms with E-state index in [9.17, 15) is 5.11 Å². The fourth-order valence-corrected chi connectivity index (χ4v) is 2.43. The zero-order chi connectivity index (χ0) is 11.2. The van der Waals surface area contributed by atoms with Crippen molar-refractivity contribution < 1.29 is 9.84 Å². The smallest absolute Gasteiger partial charge is 0.216 e. The zero-order valence-corrected chi connectivity index (χ0v) is 9.32. The van der Waals surface area contributed by atoms with Gasteiger partial charge < -0.3 is 15.6 Å². The van der Waals surface area contributed by atoms with E-state index in [1.807, 2.05) is 14.0 Å². The van der Waals surface area contributed by atoms with Crippen molar-refractivity contribution >= 4 is 0 Å². The Labute approximate surface area is 88.8 Å². The molecule has 1 aromatic rings. The van der Waals surface area contributed by atoms with Crippen LogP contribution in [-0.2, 0) is 12.6 Å². The van der Waals surface area contributed by atoms with Crippen molar-refractivity contribution in [3.63, 3.8) is 0 Å². The molecule has 1 aliphatic carbocycles. The van der Waals surface area contributed by atoms with Crippen LogP contribution in [0.25, 0.3) is 0 Å². The molecule has 0 radical (unpaired) electrons. The molecule has 1 saturated carbocycles. The van der Waals surface area contributed by atoms with Gasteiger partial charge in [-0.15, -0.1) is 0 Å². The van der Waals surface area contributed by atoms with Gasteiger partial charge in [-0.1, -0.05) is 0 Å². The molecule has 0 bridgehead atoms. The highest BCUT2D eigenvalue weighted by Gasteiger charge is 2.45. The maximum absolute atomic E-state index is 9.36. The number of hydrogen-bond donors (Lipinski definition) is 2. The molecule has 1 fully saturated rings. The highest BCUT2D eigenvalue weighted by Crippen LogP contribution is 2.44. The summed E-state index contributed by atoms with van der Waals surface area (Å²) >= 11 is 0. The first kappa shape index (κ1) is 10.4. The largest absolute Gasteiger partial charge is 0.481 e. The van der Waals surface area contributed by atoms with Crippen LogP contribution in [0.1, 0.15) is 24.1 Å². The predicted octanol–water partition coefficient (Wildman–Crippen LogP) is 0.0458. The van der Waals surface area contributed by atoms with Crippen LogP contribution in [0.2, 0.25) is 0 Å². The lowest BCUT2D eigenvalue weighted by Gasteiger charge is -2.42. The molecule has 0 unspecified atom stereocenters. The average molecular weight is 211 g/mol. The summed E-state index contributed by atoms with van der Waals surface area (Å²) in [6, 6.07) is 0. The van der Waals surface area contributed by atoms with E-state index in [2.05, 4.69) is 5.10 Å². The quantitative estimate of drug-likeness (QED) is 0.724. The minimum Gasteiger partial charge on any atom is -0.481 e. The molecule has 0 aliphatic heterocycles. The van der Waals surface area contributed by atoms with Crippen molar-refractivity contribution in [3.8, 4) is 5.88 Å². The lowest BCUT2D eigenvalue weighted by Crippen LogP contribution is -2.52. The molecule has 0 aromatic carbocycles. The second-order valence-corrected chi connectivity index (χ2v) is 4.31. The molecule has 5 nitrogen and oxygen atoms in total. The molecule has 3 N–H and O–H groups in total. The van der Waals surface area contributed by atoms with Gasteiger partial charge in [-0.3, -0.25) is 0 Å². The molecule has 5 heteroatoms. The number of nitrogens with two attached hydrogens (primary N) is 1. The third-order valence-corrected chi connectivity index (χ3v) is 3.06. The van der Waals surface area contributed by atoms with Gasteiger partial charge in [0.1, 0.15) is 0 Å². The zero-order valence-electron chi connectivity index (χ0n) is 9.32. The van der Waals surface area contributed by atoms with Crippen LogP contribution in [0.4, 0.5) is 0 Å². The Hall–Kier alpha value is -1.07. The van der Waals surface area contributed by atoms with Crippen LogP contribution in [0.15, 0.2) is 0 Å². The van der Waals surface area contributed by atoms with Crippen molar-refractivity contribution in [1.29, 1.82) is 0 Å². The molecule has 2 rings (SSSR count). The summed E-state index contributed by atoms with van der Waals surface area (Å²) in [4.78, 5) is 0. The Balaban J connectivity index is 2.43. The van der Waals surface area contributed by atoms with Crippen LogP contribution >= 0.6 is 0 Å². The number of methoxy groups -OCH3 is 1. The summed E-state index contributed by atoms with van der Waals surface area (Å²) in [6.07, 6.45) is 0.866. The Morgan fingerprint density at radius 2 is 2.20 bits per heavy atom. The van der Waals surface area contributed by atoms with Crippen molar-refractivity contribution in [2.24, 2.45) is 12.8 Å². The van der Waals surface area contributed by atoms with Crippen LogP contribution in [-0.4, -0.2) is 28.1 Å². The Kier molecular flexibility index (Phi) is 2.24. The van der Waals surface area contributed by atoms with Gasteiger partial charge >= 0.3 is 0 Å². The molecule has 15 heavy (non-hydrogen) atoms. The summed E-state index contributed by atoms with van der Waals surface area (Å²) in [7, 11) is 3.44. The Bertz CT molecular complexity index is 380. The number of hydrogen-bond acceptors (Lipinski definition) is 4. The molecule has 0 saturated heterocycles. The first-order valence-corrected chi connectivity index (χ1v) is 5.03. The molecule has 1 heterocycles. The lowest BCUT2D eigenvalue weighted by molar-refractivity contribution is 0.0195. The van der Waals surface area contributed by atoms with E-state index in [1.54, 1.807) is 11.8 Å². The van der Waals surface area contributed by atoms with Crippen molar-refractivity contribution in [3.05, 3.63) is 11.3 Å². The lowest BCUT2D eigenvalue weighted by atomic mass is 9.70. The number of nitrogens with zero attached hydrogens (tertiary/aromatic N) is 2. The average Bonchev–Trinajstić information content (AvgIpc) is 2.38. The number of aliphatic hydroxyl groups excluding tert-OH is 1. The van der Waals surface area contributed by atoms with Gasteiger partial charge in [0.05, 0.1) is 30.0 Å². The van der Waals surface area contributed by atoms with Gasteiger partial charge in [0.2, 0.25) is 5.88 Å². The third kappa shape index (κ3) is 1.42. The first-order valence-electron chi connectivity index (χ1n) is 5.03. The second-order valence-electron chi connectivity index (χ2n) is 4.31. The number of aromatic nitrogens is 2. The summed E-state index contributed by atoms with van der Waals surface area (Å²) in [6.45, 7) is 1.91. The molecule has 0 spiro atoms. The molecule has 0 amide bonds. The van der Waals surface area contributed by atoms with E-state index < -0.39 is 5.54 Å². The first-order chi connectivity index (χ1) is 6.98. The van der Waals surface area contributed by atoms with E-state index >= 15 is 0 Å². The van der Waals surface area contributed by atoms with E-state index in [-0.39, 0.29) is 6.10 Å². The molecule has 0 atom stereocenters. The van der Waals surface area contributed by atoms with Gasteiger partial charge in [0, 0.05) is 7.05 Å². The fourth-order valence-electron chi connectivity index (χ4n) is 2.43. The van der Waals surface area contributed by atoms with Crippen molar-refractivity contribution in [2.75, 3.05) is 7.11 Å². The van der Waals surface area contributed by atoms with Gasteiger partial charge in [-0.25, -0.2) is 4.68 Å². The highest BCUT2D eigenvalue weighted by molar-refractivity contribution is 5.40. The van der Waals surface area contributed by atoms with Crippen LogP contribution < -0.4 is 10.5 Å². The van der Waals surface area contributed by atoms with E-state index in [4.69, 9.17) is 10.5 Å². The van der Waals surface area contributed by atoms with Crippen LogP contribution in [0, 0.1) is 6.92 Å². The monoisotopic (exact) mass is 211 g/mol. The number of rotatable bonds is 2. The second kappa shape index (κ2) is 3.21. The molecular weight excluding hydrogens is 194 g/mol. The number of ether oxygens (including phenoxy) is 1. The highest BCUT2D eigenvalue weighted by atomic mass is 16.5. The maximum atomic E-state index is 9.36. The maximum Gasteiger partial charge on any atom is 0.216 e. The molecule has 1 aromatic heterocycles. The standard InChI is InChI=1S/C10H17N3O2/c1-6-8(9(15-3)13(2)12-6)10(11)4-7(14)5-10/h7,14H,4-5,11H2,1-3H3. The summed E-state index contributed by atoms with van der Waals surface area (Å²) in [5.41, 5.74) is 7.55. The van der Waals surface area contributed by atoms with Gasteiger partial charge in [0.25, 0.3) is 0 Å². The Morgan fingerprint density at radius 3 is 2.67 bits per heavy atom. The summed E-state index contributed by atoms with van der Waals surface area (Å²) < 4.78 is 6.98. The molecular formula is C10H17N3O2. The van der Waals surface area contributed by atoms with Gasteiger partial charge in [0.15, 0.2) is 0 Å². The topological polar surface area (TPSA) is 73.3 Å². The van der Waals surface area contributed by atoms with E-state index in [0.29, 0.717) is 18.7 Å². The molecule has 1 aliphatic rings. The van der Waals surface area contributed by atoms with Gasteiger partial charge in [-0.05, 0) is 19.8 Å². The minimum absolute atomic E-state index is 0.292. The van der Waals surface area contributed by atoms with Gasteiger partial charge in [-0.2, -0.15) is 5.10 Å². The van der Waals surface area contributed by atoms with Crippen LogP contribution in [0.5, 0.6) is 5.88 Å². The number of aliphatic hydroxyl groups is 1. The number of aryl methyl sites for hydroxylation is 2. The predicted molar refractivity (Wildman–Crippen MR) is 55.6 cm³/mol. The SMILES string of the molecule is COc1c(C2(N)CC(O)C2)c(C)nn1C. The third-order valence-electron chi connectivity index (χ3n) is 3.06. The minimum atomic E-state index is -0.469. The summed E-state index contributed by atoms with van der Waals surface area (Å²) in [5, 5.41) is 13.6. The fraction of sp³-hybridized carbons (Fsp3) is 0.700. The van der Waals surface area contributed by atoms with Crippen molar-refractivity contribution in [2.45, 2.75) is 31.4 Å². The molecule has 84 valence electrons. The Morgan fingerprint density at radius 1 is 1.60 bits per heavy atom. The van der Waals surface area contributed by atoms with Crippen molar-refractivity contribution in [1.82, 2.24) is 9.78 Å².